The average Bonchev–Trinajstić information content (AvgIpc) is 1.90. The summed E-state index contributed by atoms with van der Waals surface area (Å²) < 4.78 is 0. The van der Waals surface area contributed by atoms with Crippen LogP contribution in [-0.4, -0.2) is 23.3 Å². The number of hydrogen-bond acceptors (Lipinski definition) is 3. The van der Waals surface area contributed by atoms with Gasteiger partial charge in [0.25, 0.3) is 0 Å². The summed E-state index contributed by atoms with van der Waals surface area (Å²) in [7, 11) is 0. The first-order valence-electron chi connectivity index (χ1n) is 2.90. The number of nitrogens with zero attached hydrogens (tertiary/aromatic N) is 3. The van der Waals surface area contributed by atoms with Gasteiger partial charge in [0, 0.05) is 11.9 Å². The van der Waals surface area contributed by atoms with Crippen molar-refractivity contribution in [3.05, 3.63) is 6.20 Å². The molecule has 0 unspecified atom stereocenters. The Kier molecular flexibility index (Phi) is 1.66. The van der Waals surface area contributed by atoms with Gasteiger partial charge in [0.15, 0.2) is 0 Å². The van der Waals surface area contributed by atoms with Gasteiger partial charge in [0.2, 0.25) is 0 Å². The third-order valence-corrected chi connectivity index (χ3v) is 1.02. The van der Waals surface area contributed by atoms with Crippen LogP contribution in [0, 0.1) is 0 Å². The Balaban J connectivity index is 2.65. The monoisotopic (exact) mass is 123 g/mol. The fourth-order valence-electron chi connectivity index (χ4n) is 0.502. The lowest BCUT2D eigenvalue weighted by Crippen LogP contribution is -2.24. The molecule has 0 aromatic heterocycles. The summed E-state index contributed by atoms with van der Waals surface area (Å²) in [6.07, 6.45) is 3.22. The van der Waals surface area contributed by atoms with Gasteiger partial charge in [-0.3, -0.25) is 0 Å². The maximum absolute atomic E-state index is 3.91. The Morgan fingerprint density at radius 2 is 2.33 bits per heavy atom. The molecule has 1 aliphatic rings. The van der Waals surface area contributed by atoms with Crippen LogP contribution in [-0.2, 0) is 0 Å². The number of hydrogen-bond donors (Lipinski definition) is 0. The van der Waals surface area contributed by atoms with Crippen molar-refractivity contribution in [3.63, 3.8) is 0 Å². The van der Waals surface area contributed by atoms with Gasteiger partial charge < -0.3 is 0 Å². The number of hydrazone groups is 1. The second kappa shape index (κ2) is 2.46. The third-order valence-electron chi connectivity index (χ3n) is 1.02. The zero-order valence-corrected chi connectivity index (χ0v) is 5.57. The topological polar surface area (TPSA) is 28.0 Å². The molecule has 48 valence electrons. The van der Waals surface area contributed by atoms with Gasteiger partial charge in [-0.1, -0.05) is 0 Å². The van der Waals surface area contributed by atoms with Crippen molar-refractivity contribution in [3.8, 4) is 0 Å². The van der Waals surface area contributed by atoms with Gasteiger partial charge in [-0.25, -0.2) is 10.0 Å². The highest BCUT2D eigenvalue weighted by Gasteiger charge is 2.01. The molecule has 9 heavy (non-hydrogen) atoms. The lowest BCUT2D eigenvalue weighted by molar-refractivity contribution is 0.380. The molecule has 1 aliphatic heterocycles. The van der Waals surface area contributed by atoms with Crippen molar-refractivity contribution < 1.29 is 0 Å². The summed E-state index contributed by atoms with van der Waals surface area (Å²) in [6, 6.07) is 0.370. The lowest BCUT2D eigenvalue weighted by Gasteiger charge is -2.16. The standard InChI is InChI=1S/C6H9N3/c1-6(2)9-5-7-3-4-8-9/h3,5-6H,1-2H3. The fourth-order valence-corrected chi connectivity index (χ4v) is 0.502. The van der Waals surface area contributed by atoms with Crippen LogP contribution in [0.25, 0.3) is 0 Å². The van der Waals surface area contributed by atoms with Crippen molar-refractivity contribution in [2.24, 2.45) is 10.1 Å². The SMILES string of the molecule is CC(C)N1C=NC=C=N1. The van der Waals surface area contributed by atoms with E-state index in [1.54, 1.807) is 17.5 Å². The fraction of sp³-hybridized carbons (Fsp3) is 0.500. The number of rotatable bonds is 1. The molecule has 0 saturated heterocycles. The normalized spacial score (nSPS) is 15.7. The maximum atomic E-state index is 3.91. The van der Waals surface area contributed by atoms with Crippen LogP contribution in [0.5, 0.6) is 0 Å². The molecule has 0 atom stereocenters. The molecule has 3 nitrogen and oxygen atoms in total. The highest BCUT2D eigenvalue weighted by atomic mass is 15.5. The second-order valence-electron chi connectivity index (χ2n) is 2.10. The second-order valence-corrected chi connectivity index (χ2v) is 2.10. The predicted molar refractivity (Wildman–Crippen MR) is 37.5 cm³/mol. The van der Waals surface area contributed by atoms with E-state index >= 15 is 0 Å². The molecule has 0 aliphatic carbocycles. The van der Waals surface area contributed by atoms with Crippen LogP contribution in [0.2, 0.25) is 0 Å². The van der Waals surface area contributed by atoms with Crippen molar-refractivity contribution in [2.45, 2.75) is 19.9 Å². The van der Waals surface area contributed by atoms with Gasteiger partial charge in [0.1, 0.15) is 6.34 Å². The highest BCUT2D eigenvalue weighted by molar-refractivity contribution is 5.65. The largest absolute Gasteiger partial charge is 0.244 e. The van der Waals surface area contributed by atoms with E-state index in [1.807, 2.05) is 13.8 Å². The molecular formula is C6H9N3. The van der Waals surface area contributed by atoms with Crippen molar-refractivity contribution in [2.75, 3.05) is 0 Å². The Labute approximate surface area is 54.4 Å². The van der Waals surface area contributed by atoms with E-state index in [0.717, 1.165) is 0 Å². The quantitative estimate of drug-likeness (QED) is 0.507. The maximum Gasteiger partial charge on any atom is 0.113 e. The van der Waals surface area contributed by atoms with Crippen LogP contribution in [0.15, 0.2) is 16.3 Å². The predicted octanol–water partition coefficient (Wildman–Crippen LogP) is 0.837. The van der Waals surface area contributed by atoms with E-state index in [2.05, 4.69) is 16.0 Å². The molecule has 0 radical (unpaired) electrons. The van der Waals surface area contributed by atoms with Crippen LogP contribution >= 0.6 is 0 Å². The summed E-state index contributed by atoms with van der Waals surface area (Å²) in [5.41, 5.74) is 0. The molecule has 0 amide bonds. The van der Waals surface area contributed by atoms with E-state index in [-0.39, 0.29) is 0 Å². The van der Waals surface area contributed by atoms with Gasteiger partial charge in [0.05, 0.1) is 6.20 Å². The molecule has 3 heteroatoms. The molecule has 0 saturated carbocycles. The molecule has 0 fully saturated rings. The summed E-state index contributed by atoms with van der Waals surface area (Å²) in [5, 5.41) is 5.66. The summed E-state index contributed by atoms with van der Waals surface area (Å²) >= 11 is 0. The first kappa shape index (κ1) is 6.05. The van der Waals surface area contributed by atoms with Crippen molar-refractivity contribution >= 4 is 12.2 Å². The van der Waals surface area contributed by atoms with Crippen LogP contribution in [0.3, 0.4) is 0 Å². The first-order valence-corrected chi connectivity index (χ1v) is 2.90. The molecule has 1 rings (SSSR count). The van der Waals surface area contributed by atoms with Crippen LogP contribution < -0.4 is 0 Å². The summed E-state index contributed by atoms with van der Waals surface area (Å²) in [6.45, 7) is 4.09. The smallest absolute Gasteiger partial charge is 0.113 e. The zero-order valence-electron chi connectivity index (χ0n) is 5.57. The Hall–Kier alpha value is -1.08. The number of aliphatic imine (C=N–C) groups is 1. The van der Waals surface area contributed by atoms with E-state index in [4.69, 9.17) is 0 Å². The van der Waals surface area contributed by atoms with Crippen LogP contribution in [0.1, 0.15) is 13.8 Å². The Bertz CT molecular complexity index is 175. The van der Waals surface area contributed by atoms with Crippen molar-refractivity contribution in [1.82, 2.24) is 5.01 Å². The van der Waals surface area contributed by atoms with Crippen LogP contribution in [0.4, 0.5) is 0 Å². The highest BCUT2D eigenvalue weighted by Crippen LogP contribution is 1.95. The Morgan fingerprint density at radius 3 is 2.67 bits per heavy atom. The average molecular weight is 123 g/mol. The van der Waals surface area contributed by atoms with Gasteiger partial charge in [-0.05, 0) is 13.8 Å². The van der Waals surface area contributed by atoms with E-state index in [9.17, 15) is 0 Å². The van der Waals surface area contributed by atoms with E-state index in [0.29, 0.717) is 6.04 Å². The first-order chi connectivity index (χ1) is 4.30. The third kappa shape index (κ3) is 1.40. The minimum atomic E-state index is 0.370. The molecule has 1 heterocycles. The van der Waals surface area contributed by atoms with E-state index < -0.39 is 0 Å². The summed E-state index contributed by atoms with van der Waals surface area (Å²) in [4.78, 5) is 3.85. The zero-order chi connectivity index (χ0) is 6.69. The Morgan fingerprint density at radius 1 is 1.56 bits per heavy atom. The van der Waals surface area contributed by atoms with E-state index in [1.165, 1.54) is 0 Å². The molecule has 0 aromatic rings. The molecule has 0 spiro atoms. The molecule has 0 N–H and O–H groups in total. The minimum absolute atomic E-state index is 0.370. The van der Waals surface area contributed by atoms with Crippen molar-refractivity contribution in [1.29, 1.82) is 0 Å². The molecular weight excluding hydrogens is 114 g/mol. The van der Waals surface area contributed by atoms with Gasteiger partial charge >= 0.3 is 0 Å². The van der Waals surface area contributed by atoms with Gasteiger partial charge in [-0.2, -0.15) is 0 Å². The lowest BCUT2D eigenvalue weighted by atomic mass is 10.4. The minimum Gasteiger partial charge on any atom is -0.244 e. The molecule has 0 aromatic carbocycles. The summed E-state index contributed by atoms with van der Waals surface area (Å²) in [5.74, 6) is 2.64. The molecule has 0 bridgehead atoms. The van der Waals surface area contributed by atoms with Gasteiger partial charge in [-0.15, -0.1) is 5.10 Å².